The average Bonchev–Trinajstić information content (AvgIpc) is 3.22. The topological polar surface area (TPSA) is 21.1 Å². The van der Waals surface area contributed by atoms with E-state index in [1.54, 1.807) is 0 Å². The van der Waals surface area contributed by atoms with Gasteiger partial charge in [0.15, 0.2) is 0 Å². The summed E-state index contributed by atoms with van der Waals surface area (Å²) < 4.78 is 2.30. The lowest BCUT2D eigenvalue weighted by Gasteiger charge is -2.23. The smallest absolute Gasteiger partial charge is 0.0963 e. The van der Waals surface area contributed by atoms with E-state index in [0.29, 0.717) is 0 Å². The fraction of sp³-hybridized carbons (Fsp3) is 0.192. The van der Waals surface area contributed by atoms with Crippen LogP contribution in [0.2, 0.25) is 0 Å². The van der Waals surface area contributed by atoms with Gasteiger partial charge >= 0.3 is 0 Å². The van der Waals surface area contributed by atoms with Gasteiger partial charge in [0.05, 0.1) is 17.7 Å². The molecular weight excluding hydrogens is 354 g/mol. The lowest BCUT2D eigenvalue weighted by Crippen LogP contribution is -2.24. The molecule has 0 spiro atoms. The second-order valence-corrected chi connectivity index (χ2v) is 7.14. The normalized spacial score (nSPS) is 10.8. The van der Waals surface area contributed by atoms with Gasteiger partial charge in [-0.05, 0) is 25.5 Å². The standard InChI is InChI=1S/C26H27N3/c1-2-28(24-17-10-5-11-18-24)19-12-20-29-21-27-25(22-13-6-3-7-14-22)26(29)23-15-8-4-9-16-23/h3-11,13-18,21H,2,12,19-20H2,1H3. The molecule has 0 aliphatic carbocycles. The van der Waals surface area contributed by atoms with Crippen molar-refractivity contribution in [3.63, 3.8) is 0 Å². The van der Waals surface area contributed by atoms with Crippen LogP contribution >= 0.6 is 0 Å². The van der Waals surface area contributed by atoms with Crippen LogP contribution in [0.15, 0.2) is 97.3 Å². The molecule has 0 atom stereocenters. The van der Waals surface area contributed by atoms with E-state index in [1.807, 2.05) is 12.4 Å². The Morgan fingerprint density at radius 2 is 1.34 bits per heavy atom. The van der Waals surface area contributed by atoms with Gasteiger partial charge in [-0.1, -0.05) is 78.9 Å². The van der Waals surface area contributed by atoms with Gasteiger partial charge in [0.2, 0.25) is 0 Å². The molecule has 0 bridgehead atoms. The Bertz CT molecular complexity index is 1010. The third-order valence-corrected chi connectivity index (χ3v) is 5.26. The summed E-state index contributed by atoms with van der Waals surface area (Å²) in [4.78, 5) is 7.22. The van der Waals surface area contributed by atoms with Crippen molar-refractivity contribution in [2.75, 3.05) is 18.0 Å². The number of aromatic nitrogens is 2. The summed E-state index contributed by atoms with van der Waals surface area (Å²) in [5.41, 5.74) is 5.89. The predicted octanol–water partition coefficient (Wildman–Crippen LogP) is 6.13. The molecule has 0 fully saturated rings. The largest absolute Gasteiger partial charge is 0.372 e. The fourth-order valence-electron chi connectivity index (χ4n) is 3.80. The van der Waals surface area contributed by atoms with E-state index < -0.39 is 0 Å². The minimum Gasteiger partial charge on any atom is -0.372 e. The van der Waals surface area contributed by atoms with E-state index in [4.69, 9.17) is 4.98 Å². The monoisotopic (exact) mass is 381 g/mol. The first-order valence-electron chi connectivity index (χ1n) is 10.3. The Kier molecular flexibility index (Phi) is 6.06. The average molecular weight is 382 g/mol. The van der Waals surface area contributed by atoms with Gasteiger partial charge in [0.25, 0.3) is 0 Å². The molecule has 3 heteroatoms. The van der Waals surface area contributed by atoms with Crippen LogP contribution in [-0.2, 0) is 6.54 Å². The van der Waals surface area contributed by atoms with Gasteiger partial charge in [-0.3, -0.25) is 0 Å². The summed E-state index contributed by atoms with van der Waals surface area (Å²) in [5, 5.41) is 0. The molecule has 0 amide bonds. The van der Waals surface area contributed by atoms with Gasteiger partial charge in [-0.25, -0.2) is 4.98 Å². The number of rotatable bonds is 8. The number of aryl methyl sites for hydroxylation is 1. The van der Waals surface area contributed by atoms with Crippen LogP contribution in [0, 0.1) is 0 Å². The Hall–Kier alpha value is -3.33. The van der Waals surface area contributed by atoms with Crippen molar-refractivity contribution in [2.24, 2.45) is 0 Å². The third kappa shape index (κ3) is 4.40. The molecule has 4 aromatic rings. The Morgan fingerprint density at radius 3 is 1.97 bits per heavy atom. The summed E-state index contributed by atoms with van der Waals surface area (Å²) >= 11 is 0. The van der Waals surface area contributed by atoms with Crippen molar-refractivity contribution in [2.45, 2.75) is 19.9 Å². The highest BCUT2D eigenvalue weighted by molar-refractivity contribution is 5.78. The molecule has 3 aromatic carbocycles. The highest BCUT2D eigenvalue weighted by atomic mass is 15.1. The van der Waals surface area contributed by atoms with E-state index in [-0.39, 0.29) is 0 Å². The first-order valence-corrected chi connectivity index (χ1v) is 10.3. The summed E-state index contributed by atoms with van der Waals surface area (Å²) in [6.07, 6.45) is 3.05. The van der Waals surface area contributed by atoms with Gasteiger partial charge in [-0.2, -0.15) is 0 Å². The maximum Gasteiger partial charge on any atom is 0.0963 e. The van der Waals surface area contributed by atoms with Crippen molar-refractivity contribution in [3.05, 3.63) is 97.3 Å². The number of nitrogens with zero attached hydrogens (tertiary/aromatic N) is 3. The third-order valence-electron chi connectivity index (χ3n) is 5.26. The lowest BCUT2D eigenvalue weighted by atomic mass is 10.0. The number of benzene rings is 3. The molecule has 0 saturated heterocycles. The predicted molar refractivity (Wildman–Crippen MR) is 122 cm³/mol. The van der Waals surface area contributed by atoms with Crippen LogP contribution < -0.4 is 4.90 Å². The Morgan fingerprint density at radius 1 is 0.759 bits per heavy atom. The molecule has 0 N–H and O–H groups in total. The highest BCUT2D eigenvalue weighted by Crippen LogP contribution is 2.31. The van der Waals surface area contributed by atoms with E-state index in [2.05, 4.69) is 101 Å². The number of anilines is 1. The van der Waals surface area contributed by atoms with E-state index >= 15 is 0 Å². The van der Waals surface area contributed by atoms with Crippen molar-refractivity contribution < 1.29 is 0 Å². The van der Waals surface area contributed by atoms with Gasteiger partial charge in [-0.15, -0.1) is 0 Å². The van der Waals surface area contributed by atoms with E-state index in [9.17, 15) is 0 Å². The quantitative estimate of drug-likeness (QED) is 0.366. The second kappa shape index (κ2) is 9.24. The molecule has 0 unspecified atom stereocenters. The molecule has 0 radical (unpaired) electrons. The first-order chi connectivity index (χ1) is 14.4. The van der Waals surface area contributed by atoms with Gasteiger partial charge in [0, 0.05) is 36.4 Å². The van der Waals surface area contributed by atoms with E-state index in [1.165, 1.54) is 16.9 Å². The SMILES string of the molecule is CCN(CCCn1cnc(-c2ccccc2)c1-c1ccccc1)c1ccccc1. The van der Waals surface area contributed by atoms with Crippen molar-refractivity contribution >= 4 is 5.69 Å². The van der Waals surface area contributed by atoms with Crippen molar-refractivity contribution in [1.29, 1.82) is 0 Å². The highest BCUT2D eigenvalue weighted by Gasteiger charge is 2.15. The van der Waals surface area contributed by atoms with Crippen LogP contribution in [0.5, 0.6) is 0 Å². The molecule has 0 aliphatic heterocycles. The molecular formula is C26H27N3. The fourth-order valence-corrected chi connectivity index (χ4v) is 3.80. The van der Waals surface area contributed by atoms with Crippen molar-refractivity contribution in [1.82, 2.24) is 9.55 Å². The summed E-state index contributed by atoms with van der Waals surface area (Å²) in [5.74, 6) is 0. The molecule has 3 nitrogen and oxygen atoms in total. The maximum atomic E-state index is 4.79. The van der Waals surface area contributed by atoms with Crippen LogP contribution in [0.4, 0.5) is 5.69 Å². The Balaban J connectivity index is 1.57. The maximum absolute atomic E-state index is 4.79. The van der Waals surface area contributed by atoms with Crippen LogP contribution in [0.1, 0.15) is 13.3 Å². The Labute approximate surface area is 173 Å². The minimum absolute atomic E-state index is 0.938. The lowest BCUT2D eigenvalue weighted by molar-refractivity contribution is 0.631. The van der Waals surface area contributed by atoms with Gasteiger partial charge in [0.1, 0.15) is 0 Å². The molecule has 29 heavy (non-hydrogen) atoms. The zero-order valence-electron chi connectivity index (χ0n) is 16.9. The molecule has 4 rings (SSSR count). The van der Waals surface area contributed by atoms with E-state index in [0.717, 1.165) is 37.3 Å². The van der Waals surface area contributed by atoms with Crippen molar-refractivity contribution in [3.8, 4) is 22.5 Å². The second-order valence-electron chi connectivity index (χ2n) is 7.14. The van der Waals surface area contributed by atoms with Crippen LogP contribution in [0.3, 0.4) is 0 Å². The molecule has 1 aromatic heterocycles. The molecule has 146 valence electrons. The van der Waals surface area contributed by atoms with Crippen LogP contribution in [0.25, 0.3) is 22.5 Å². The zero-order valence-corrected chi connectivity index (χ0v) is 16.9. The molecule has 1 heterocycles. The minimum atomic E-state index is 0.938. The number of para-hydroxylation sites is 1. The molecule has 0 saturated carbocycles. The molecule has 0 aliphatic rings. The summed E-state index contributed by atoms with van der Waals surface area (Å²) in [7, 11) is 0. The number of hydrogen-bond acceptors (Lipinski definition) is 2. The van der Waals surface area contributed by atoms with Crippen LogP contribution in [-0.4, -0.2) is 22.6 Å². The number of imidazole rings is 1. The first kappa shape index (κ1) is 19.0. The van der Waals surface area contributed by atoms with Gasteiger partial charge < -0.3 is 9.47 Å². The number of hydrogen-bond donors (Lipinski definition) is 0. The summed E-state index contributed by atoms with van der Waals surface area (Å²) in [6.45, 7) is 5.18. The summed E-state index contributed by atoms with van der Waals surface area (Å²) in [6, 6.07) is 31.7. The zero-order chi connectivity index (χ0) is 19.9.